The van der Waals surface area contributed by atoms with Gasteiger partial charge in [-0.2, -0.15) is 0 Å². The normalized spacial score (nSPS) is 24.5. The molecule has 4 rings (SSSR count). The van der Waals surface area contributed by atoms with Crippen molar-refractivity contribution in [1.29, 1.82) is 0 Å². The Balaban J connectivity index is 0.000000301. The number of nitrogens with one attached hydrogen (secondary N) is 1. The Morgan fingerprint density at radius 1 is 1.12 bits per heavy atom. The quantitative estimate of drug-likeness (QED) is 0.689. The van der Waals surface area contributed by atoms with Crippen LogP contribution in [0, 0.1) is 11.7 Å². The number of carbonyl (C=O) groups excluding carboxylic acids is 1. The monoisotopic (exact) mass is 338 g/mol. The zero-order valence-corrected chi connectivity index (χ0v) is 12.9. The molecule has 2 bridgehead atoms. The van der Waals surface area contributed by atoms with Gasteiger partial charge in [0.25, 0.3) is 5.91 Å². The van der Waals surface area contributed by atoms with Crippen LogP contribution in [0.1, 0.15) is 23.2 Å². The van der Waals surface area contributed by atoms with Crippen molar-refractivity contribution in [2.45, 2.75) is 18.9 Å². The summed E-state index contributed by atoms with van der Waals surface area (Å²) in [5.41, 5.74) is 0.409. The predicted molar refractivity (Wildman–Crippen MR) is 82.1 cm³/mol. The van der Waals surface area contributed by atoms with Crippen molar-refractivity contribution in [3.8, 4) is 0 Å². The van der Waals surface area contributed by atoms with Gasteiger partial charge in [-0.15, -0.1) is 0 Å². The maximum absolute atomic E-state index is 13.1. The lowest BCUT2D eigenvalue weighted by Gasteiger charge is -2.44. The molecule has 1 amide bonds. The molecular weight excluding hydrogens is 319 g/mol. The van der Waals surface area contributed by atoms with Gasteiger partial charge in [-0.05, 0) is 50.0 Å². The minimum Gasteiger partial charge on any atom is -0.473 e. The Labute approximate surface area is 138 Å². The van der Waals surface area contributed by atoms with Crippen LogP contribution in [0.3, 0.4) is 0 Å². The number of piperidine rings is 3. The molecule has 3 heterocycles. The number of aliphatic carboxylic acids is 2. The lowest BCUT2D eigenvalue weighted by Crippen LogP contribution is -2.57. The molecule has 0 aliphatic carbocycles. The first-order chi connectivity index (χ1) is 11.4. The standard InChI is InChI=1S/C14H17FN2O.C2H2O4/c15-12-3-1-2-11(8-12)14(18)16-13-9-17-6-4-10(13)5-7-17;3-1(4)2(5)6/h1-3,8,10,13H,4-7,9H2,(H,16,18);(H,3,4)(H,5,6). The zero-order valence-electron chi connectivity index (χ0n) is 12.9. The minimum absolute atomic E-state index is 0.159. The first-order valence-electron chi connectivity index (χ1n) is 7.62. The van der Waals surface area contributed by atoms with Crippen LogP contribution in [0.15, 0.2) is 24.3 Å². The van der Waals surface area contributed by atoms with E-state index in [9.17, 15) is 9.18 Å². The smallest absolute Gasteiger partial charge is 0.414 e. The largest absolute Gasteiger partial charge is 0.473 e. The average molecular weight is 338 g/mol. The Morgan fingerprint density at radius 3 is 2.21 bits per heavy atom. The number of fused-ring (bicyclic) bond motifs is 3. The summed E-state index contributed by atoms with van der Waals surface area (Å²) in [5.74, 6) is -3.58. The Morgan fingerprint density at radius 2 is 1.75 bits per heavy atom. The summed E-state index contributed by atoms with van der Waals surface area (Å²) in [6, 6.07) is 6.09. The molecule has 1 aromatic rings. The number of amides is 1. The van der Waals surface area contributed by atoms with Crippen LogP contribution >= 0.6 is 0 Å². The highest BCUT2D eigenvalue weighted by Gasteiger charge is 2.34. The second-order valence-electron chi connectivity index (χ2n) is 5.84. The van der Waals surface area contributed by atoms with E-state index in [2.05, 4.69) is 10.2 Å². The van der Waals surface area contributed by atoms with Crippen LogP contribution in [0.5, 0.6) is 0 Å². The molecule has 3 saturated heterocycles. The number of carboxylic acid groups (broad SMARTS) is 2. The van der Waals surface area contributed by atoms with Crippen LogP contribution in [-0.2, 0) is 9.59 Å². The highest BCUT2D eigenvalue weighted by atomic mass is 19.1. The van der Waals surface area contributed by atoms with E-state index in [0.29, 0.717) is 11.5 Å². The number of nitrogens with zero attached hydrogens (tertiary/aromatic N) is 1. The van der Waals surface area contributed by atoms with Crippen molar-refractivity contribution in [2.75, 3.05) is 19.6 Å². The van der Waals surface area contributed by atoms with E-state index in [1.807, 2.05) is 0 Å². The number of hydrogen-bond acceptors (Lipinski definition) is 4. The van der Waals surface area contributed by atoms with Crippen molar-refractivity contribution in [3.63, 3.8) is 0 Å². The van der Waals surface area contributed by atoms with Crippen molar-refractivity contribution in [2.24, 2.45) is 5.92 Å². The lowest BCUT2D eigenvalue weighted by molar-refractivity contribution is -0.159. The third kappa shape index (κ3) is 4.76. The third-order valence-corrected chi connectivity index (χ3v) is 4.24. The van der Waals surface area contributed by atoms with Gasteiger partial charge in [-0.1, -0.05) is 6.07 Å². The molecule has 0 spiro atoms. The number of carboxylic acids is 2. The van der Waals surface area contributed by atoms with Gasteiger partial charge >= 0.3 is 11.9 Å². The predicted octanol–water partition coefficient (Wildman–Crippen LogP) is 0.805. The number of rotatable bonds is 2. The fourth-order valence-corrected chi connectivity index (χ4v) is 3.01. The van der Waals surface area contributed by atoms with Gasteiger partial charge in [0.1, 0.15) is 5.82 Å². The molecule has 8 heteroatoms. The topological polar surface area (TPSA) is 107 Å². The molecule has 0 saturated carbocycles. The van der Waals surface area contributed by atoms with Crippen LogP contribution in [0.25, 0.3) is 0 Å². The summed E-state index contributed by atoms with van der Waals surface area (Å²) in [7, 11) is 0. The summed E-state index contributed by atoms with van der Waals surface area (Å²) in [4.78, 5) is 32.6. The fourth-order valence-electron chi connectivity index (χ4n) is 3.01. The average Bonchev–Trinajstić information content (AvgIpc) is 2.56. The molecule has 130 valence electrons. The van der Waals surface area contributed by atoms with E-state index in [-0.39, 0.29) is 17.8 Å². The molecule has 1 unspecified atom stereocenters. The second-order valence-corrected chi connectivity index (χ2v) is 5.84. The third-order valence-electron chi connectivity index (χ3n) is 4.24. The lowest BCUT2D eigenvalue weighted by atomic mass is 9.84. The van der Waals surface area contributed by atoms with E-state index in [4.69, 9.17) is 19.8 Å². The molecular formula is C16H19FN2O5. The van der Waals surface area contributed by atoms with E-state index in [1.54, 1.807) is 12.1 Å². The molecule has 1 atom stereocenters. The van der Waals surface area contributed by atoms with E-state index in [1.165, 1.54) is 12.1 Å². The van der Waals surface area contributed by atoms with Gasteiger partial charge in [-0.3, -0.25) is 4.79 Å². The van der Waals surface area contributed by atoms with Gasteiger partial charge in [0, 0.05) is 18.2 Å². The number of benzene rings is 1. The minimum atomic E-state index is -1.82. The van der Waals surface area contributed by atoms with Gasteiger partial charge in [-0.25, -0.2) is 14.0 Å². The van der Waals surface area contributed by atoms with Crippen molar-refractivity contribution >= 4 is 17.8 Å². The highest BCUT2D eigenvalue weighted by molar-refractivity contribution is 6.27. The first kappa shape index (κ1) is 17.9. The van der Waals surface area contributed by atoms with Crippen molar-refractivity contribution in [3.05, 3.63) is 35.6 Å². The van der Waals surface area contributed by atoms with Crippen LogP contribution in [0.2, 0.25) is 0 Å². The van der Waals surface area contributed by atoms with Crippen LogP contribution in [-0.4, -0.2) is 58.6 Å². The summed E-state index contributed by atoms with van der Waals surface area (Å²) in [6.45, 7) is 3.24. The highest BCUT2D eigenvalue weighted by Crippen LogP contribution is 2.27. The van der Waals surface area contributed by atoms with Gasteiger partial charge < -0.3 is 20.4 Å². The SMILES string of the molecule is O=C(NC1CN2CCC1CC2)c1cccc(F)c1.O=C(O)C(=O)O. The number of halogens is 1. The summed E-state index contributed by atoms with van der Waals surface area (Å²) >= 11 is 0. The fraction of sp³-hybridized carbons (Fsp3) is 0.438. The molecule has 3 aliphatic heterocycles. The van der Waals surface area contributed by atoms with E-state index >= 15 is 0 Å². The Hall–Kier alpha value is -2.48. The Bertz CT molecular complexity index is 617. The second kappa shape index (κ2) is 7.87. The molecule has 3 aliphatic rings. The molecule has 3 N–H and O–H groups in total. The summed E-state index contributed by atoms with van der Waals surface area (Å²) in [6.07, 6.45) is 2.32. The number of carbonyl (C=O) groups is 3. The number of hydrogen-bond donors (Lipinski definition) is 3. The zero-order chi connectivity index (χ0) is 17.7. The molecule has 24 heavy (non-hydrogen) atoms. The van der Waals surface area contributed by atoms with Crippen LogP contribution in [0.4, 0.5) is 4.39 Å². The Kier molecular flexibility index (Phi) is 5.86. The molecule has 1 aromatic carbocycles. The maximum atomic E-state index is 13.1. The van der Waals surface area contributed by atoms with Gasteiger partial charge in [0.15, 0.2) is 0 Å². The van der Waals surface area contributed by atoms with E-state index in [0.717, 1.165) is 32.5 Å². The molecule has 0 aromatic heterocycles. The maximum Gasteiger partial charge on any atom is 0.414 e. The van der Waals surface area contributed by atoms with Crippen molar-refractivity contribution < 1.29 is 29.0 Å². The van der Waals surface area contributed by atoms with E-state index < -0.39 is 11.9 Å². The van der Waals surface area contributed by atoms with Crippen LogP contribution < -0.4 is 5.32 Å². The molecule has 3 fully saturated rings. The molecule has 0 radical (unpaired) electrons. The van der Waals surface area contributed by atoms with Crippen molar-refractivity contribution in [1.82, 2.24) is 10.2 Å². The summed E-state index contributed by atoms with van der Waals surface area (Å²) < 4.78 is 13.1. The van der Waals surface area contributed by atoms with Gasteiger partial charge in [0.2, 0.25) is 0 Å². The first-order valence-corrected chi connectivity index (χ1v) is 7.62. The summed E-state index contributed by atoms with van der Waals surface area (Å²) in [5, 5.41) is 17.8. The molecule has 7 nitrogen and oxygen atoms in total. The van der Waals surface area contributed by atoms with Gasteiger partial charge in [0.05, 0.1) is 0 Å².